The summed E-state index contributed by atoms with van der Waals surface area (Å²) in [4.78, 5) is 11.7. The van der Waals surface area contributed by atoms with E-state index in [4.69, 9.17) is 0 Å². The maximum Gasteiger partial charge on any atom is 0.185 e. The van der Waals surface area contributed by atoms with Gasteiger partial charge in [0.2, 0.25) is 0 Å². The summed E-state index contributed by atoms with van der Waals surface area (Å²) in [6.07, 6.45) is 1.37. The van der Waals surface area contributed by atoms with Crippen molar-refractivity contribution in [1.82, 2.24) is 0 Å². The molecule has 0 bridgehead atoms. The zero-order valence-corrected chi connectivity index (χ0v) is 9.58. The zero-order valence-electron chi connectivity index (χ0n) is 9.58. The molecule has 0 heterocycles. The number of hydrogen-bond donors (Lipinski definition) is 0. The van der Waals surface area contributed by atoms with Crippen molar-refractivity contribution in [1.29, 1.82) is 0 Å². The summed E-state index contributed by atoms with van der Waals surface area (Å²) in [5, 5.41) is 2.32. The van der Waals surface area contributed by atoms with Crippen LogP contribution < -0.4 is 0 Å². The monoisotopic (exact) mass is 210 g/mol. The number of ketones is 1. The molecule has 80 valence electrons. The van der Waals surface area contributed by atoms with Gasteiger partial charge in [-0.3, -0.25) is 4.79 Å². The Kier molecular flexibility index (Phi) is 2.61. The van der Waals surface area contributed by atoms with Crippen LogP contribution >= 0.6 is 0 Å². The first-order valence-corrected chi connectivity index (χ1v) is 5.31. The number of carbonyl (C=O) groups excluding carboxylic acids is 1. The highest BCUT2D eigenvalue weighted by Gasteiger charge is 2.10. The van der Waals surface area contributed by atoms with Gasteiger partial charge in [0.05, 0.1) is 0 Å². The number of benzene rings is 2. The number of hydrogen-bond acceptors (Lipinski definition) is 1. The Morgan fingerprint density at radius 1 is 1.19 bits per heavy atom. The van der Waals surface area contributed by atoms with Crippen molar-refractivity contribution in [2.45, 2.75) is 13.8 Å². The van der Waals surface area contributed by atoms with E-state index in [1.54, 1.807) is 0 Å². The van der Waals surface area contributed by atoms with E-state index in [0.29, 0.717) is 0 Å². The molecule has 0 aliphatic carbocycles. The number of rotatable bonds is 2. The summed E-state index contributed by atoms with van der Waals surface area (Å²) in [6.45, 7) is 7.58. The van der Waals surface area contributed by atoms with Crippen molar-refractivity contribution >= 4 is 16.6 Å². The molecule has 0 fully saturated rings. The molecule has 0 radical (unpaired) electrons. The summed E-state index contributed by atoms with van der Waals surface area (Å²) in [7, 11) is 0. The fourth-order valence-corrected chi connectivity index (χ4v) is 2.00. The van der Waals surface area contributed by atoms with Crippen LogP contribution in [0.3, 0.4) is 0 Å². The first kappa shape index (κ1) is 10.6. The van der Waals surface area contributed by atoms with E-state index in [9.17, 15) is 4.79 Å². The lowest BCUT2D eigenvalue weighted by atomic mass is 9.94. The van der Waals surface area contributed by atoms with Crippen molar-refractivity contribution in [2.24, 2.45) is 0 Å². The van der Waals surface area contributed by atoms with Crippen LogP contribution in [0.25, 0.3) is 10.8 Å². The molecule has 2 aromatic carbocycles. The Balaban J connectivity index is 2.83. The van der Waals surface area contributed by atoms with Gasteiger partial charge in [-0.25, -0.2) is 0 Å². The van der Waals surface area contributed by atoms with E-state index in [0.717, 1.165) is 16.5 Å². The molecule has 0 atom stereocenters. The summed E-state index contributed by atoms with van der Waals surface area (Å²) in [5.41, 5.74) is 2.97. The van der Waals surface area contributed by atoms with Crippen molar-refractivity contribution in [3.05, 3.63) is 59.7 Å². The summed E-state index contributed by atoms with van der Waals surface area (Å²) in [5.74, 6) is -0.00801. The molecule has 1 heteroatoms. The molecule has 1 nitrogen and oxygen atoms in total. The summed E-state index contributed by atoms with van der Waals surface area (Å²) < 4.78 is 0. The van der Waals surface area contributed by atoms with Crippen molar-refractivity contribution in [2.75, 3.05) is 0 Å². The van der Waals surface area contributed by atoms with Crippen LogP contribution in [0.2, 0.25) is 0 Å². The molecule has 2 rings (SSSR count). The summed E-state index contributed by atoms with van der Waals surface area (Å²) in [6, 6.07) is 10.1. The molecule has 0 aromatic heterocycles. The predicted molar refractivity (Wildman–Crippen MR) is 67.9 cm³/mol. The average molecular weight is 210 g/mol. The third-order valence-corrected chi connectivity index (χ3v) is 3.08. The van der Waals surface area contributed by atoms with Crippen LogP contribution in [0.1, 0.15) is 21.5 Å². The average Bonchev–Trinajstić information content (AvgIpc) is 2.33. The van der Waals surface area contributed by atoms with Gasteiger partial charge in [-0.05, 0) is 47.9 Å². The normalized spacial score (nSPS) is 10.4. The Hall–Kier alpha value is -1.89. The first-order chi connectivity index (χ1) is 7.65. The SMILES string of the molecule is C=CC(=O)c1cc2ccccc2c(C)c1C. The summed E-state index contributed by atoms with van der Waals surface area (Å²) >= 11 is 0. The van der Waals surface area contributed by atoms with Gasteiger partial charge in [0.25, 0.3) is 0 Å². The second kappa shape index (κ2) is 3.93. The van der Waals surface area contributed by atoms with Crippen LogP contribution in [-0.2, 0) is 0 Å². The fourth-order valence-electron chi connectivity index (χ4n) is 2.00. The van der Waals surface area contributed by atoms with Gasteiger partial charge in [-0.1, -0.05) is 30.8 Å². The van der Waals surface area contributed by atoms with E-state index < -0.39 is 0 Å². The minimum absolute atomic E-state index is 0.00801. The lowest BCUT2D eigenvalue weighted by molar-refractivity contribution is 0.104. The lowest BCUT2D eigenvalue weighted by Gasteiger charge is -2.10. The number of allylic oxidation sites excluding steroid dienone is 1. The van der Waals surface area contributed by atoms with E-state index in [-0.39, 0.29) is 5.78 Å². The van der Waals surface area contributed by atoms with Gasteiger partial charge in [0.15, 0.2) is 5.78 Å². The van der Waals surface area contributed by atoms with E-state index in [2.05, 4.69) is 19.6 Å². The number of aryl methyl sites for hydroxylation is 1. The highest BCUT2D eigenvalue weighted by atomic mass is 16.1. The molecular weight excluding hydrogens is 196 g/mol. The molecule has 0 saturated heterocycles. The Morgan fingerprint density at radius 3 is 2.56 bits per heavy atom. The molecule has 0 aliphatic heterocycles. The van der Waals surface area contributed by atoms with Gasteiger partial charge < -0.3 is 0 Å². The van der Waals surface area contributed by atoms with Crippen LogP contribution in [0.4, 0.5) is 0 Å². The van der Waals surface area contributed by atoms with Crippen molar-refractivity contribution in [3.63, 3.8) is 0 Å². The molecule has 2 aromatic rings. The van der Waals surface area contributed by atoms with Gasteiger partial charge in [-0.15, -0.1) is 0 Å². The second-order valence-electron chi connectivity index (χ2n) is 3.96. The van der Waals surface area contributed by atoms with Crippen molar-refractivity contribution in [3.8, 4) is 0 Å². The Labute approximate surface area is 95.4 Å². The molecule has 0 amide bonds. The highest BCUT2D eigenvalue weighted by Crippen LogP contribution is 2.25. The molecule has 16 heavy (non-hydrogen) atoms. The van der Waals surface area contributed by atoms with Crippen LogP contribution in [0.5, 0.6) is 0 Å². The molecule has 0 N–H and O–H groups in total. The Bertz CT molecular complexity index is 579. The van der Waals surface area contributed by atoms with E-state index >= 15 is 0 Å². The zero-order chi connectivity index (χ0) is 11.7. The quantitative estimate of drug-likeness (QED) is 0.544. The van der Waals surface area contributed by atoms with Gasteiger partial charge in [-0.2, -0.15) is 0 Å². The van der Waals surface area contributed by atoms with Gasteiger partial charge in [0, 0.05) is 5.56 Å². The minimum atomic E-state index is -0.00801. The van der Waals surface area contributed by atoms with E-state index in [1.165, 1.54) is 17.0 Å². The van der Waals surface area contributed by atoms with Gasteiger partial charge >= 0.3 is 0 Å². The molecule has 0 unspecified atom stereocenters. The third kappa shape index (κ3) is 1.54. The van der Waals surface area contributed by atoms with Gasteiger partial charge in [0.1, 0.15) is 0 Å². The fraction of sp³-hybridized carbons (Fsp3) is 0.133. The second-order valence-corrected chi connectivity index (χ2v) is 3.96. The van der Waals surface area contributed by atoms with Crippen LogP contribution in [0.15, 0.2) is 43.0 Å². The molecule has 0 saturated carbocycles. The first-order valence-electron chi connectivity index (χ1n) is 5.31. The molecular formula is C15H14O. The number of carbonyl (C=O) groups is 1. The van der Waals surface area contributed by atoms with Crippen molar-refractivity contribution < 1.29 is 4.79 Å². The molecule has 0 aliphatic rings. The number of fused-ring (bicyclic) bond motifs is 1. The van der Waals surface area contributed by atoms with E-state index in [1.807, 2.05) is 31.2 Å². The van der Waals surface area contributed by atoms with Crippen LogP contribution in [-0.4, -0.2) is 5.78 Å². The standard InChI is InChI=1S/C15H14O/c1-4-15(16)14-9-12-7-5-6-8-13(12)10(2)11(14)3/h4-9H,1H2,2-3H3. The minimum Gasteiger partial charge on any atom is -0.289 e. The Morgan fingerprint density at radius 2 is 1.88 bits per heavy atom. The maximum absolute atomic E-state index is 11.7. The maximum atomic E-state index is 11.7. The molecule has 0 spiro atoms. The smallest absolute Gasteiger partial charge is 0.185 e. The largest absolute Gasteiger partial charge is 0.289 e. The predicted octanol–water partition coefficient (Wildman–Crippen LogP) is 3.83. The lowest BCUT2D eigenvalue weighted by Crippen LogP contribution is -2.00. The third-order valence-electron chi connectivity index (χ3n) is 3.08. The topological polar surface area (TPSA) is 17.1 Å². The highest BCUT2D eigenvalue weighted by molar-refractivity contribution is 6.08. The van der Waals surface area contributed by atoms with Crippen LogP contribution in [0, 0.1) is 13.8 Å².